The molecule has 2 unspecified atom stereocenters. The summed E-state index contributed by atoms with van der Waals surface area (Å²) in [4.78, 5) is 2.62. The Balaban J connectivity index is 1.89. The first-order valence-electron chi connectivity index (χ1n) is 8.42. The molecule has 21 heavy (non-hydrogen) atoms. The molecule has 1 N–H and O–H groups in total. The van der Waals surface area contributed by atoms with Gasteiger partial charge in [-0.3, -0.25) is 4.90 Å². The highest BCUT2D eigenvalue weighted by Gasteiger charge is 2.26. The molecule has 1 aliphatic rings. The lowest BCUT2D eigenvalue weighted by atomic mass is 10.00. The Morgan fingerprint density at radius 1 is 1.19 bits per heavy atom. The Labute approximate surface area is 129 Å². The van der Waals surface area contributed by atoms with Crippen LogP contribution in [0.2, 0.25) is 0 Å². The summed E-state index contributed by atoms with van der Waals surface area (Å²) in [6.45, 7) is 9.44. The summed E-state index contributed by atoms with van der Waals surface area (Å²) in [5, 5.41) is 3.69. The molecule has 0 amide bonds. The number of ether oxygens (including phenoxy) is 1. The number of benzene rings is 1. The topological polar surface area (TPSA) is 24.5 Å². The fourth-order valence-electron chi connectivity index (χ4n) is 2.99. The van der Waals surface area contributed by atoms with Gasteiger partial charge in [-0.15, -0.1) is 0 Å². The van der Waals surface area contributed by atoms with Gasteiger partial charge >= 0.3 is 0 Å². The second kappa shape index (κ2) is 9.19. The molecule has 2 rings (SSSR count). The van der Waals surface area contributed by atoms with Gasteiger partial charge in [0.1, 0.15) is 0 Å². The molecule has 118 valence electrons. The average Bonchev–Trinajstić information content (AvgIpc) is 2.54. The van der Waals surface area contributed by atoms with Crippen LogP contribution in [0.15, 0.2) is 30.3 Å². The Kier molecular flexibility index (Phi) is 7.20. The summed E-state index contributed by atoms with van der Waals surface area (Å²) in [5.74, 6) is 0. The smallest absolute Gasteiger partial charge is 0.0593 e. The lowest BCUT2D eigenvalue weighted by Crippen LogP contribution is -2.57. The van der Waals surface area contributed by atoms with E-state index in [0.29, 0.717) is 12.1 Å². The van der Waals surface area contributed by atoms with E-state index in [0.717, 1.165) is 45.7 Å². The van der Waals surface area contributed by atoms with Gasteiger partial charge in [0.2, 0.25) is 0 Å². The van der Waals surface area contributed by atoms with Gasteiger partial charge in [0, 0.05) is 38.3 Å². The van der Waals surface area contributed by atoms with Crippen LogP contribution in [-0.2, 0) is 11.2 Å². The summed E-state index contributed by atoms with van der Waals surface area (Å²) in [6, 6.07) is 12.0. The number of piperazine rings is 1. The van der Waals surface area contributed by atoms with Gasteiger partial charge in [0.05, 0.1) is 6.61 Å². The van der Waals surface area contributed by atoms with Crippen molar-refractivity contribution < 1.29 is 4.74 Å². The maximum absolute atomic E-state index is 5.69. The van der Waals surface area contributed by atoms with Crippen molar-refractivity contribution in [3.8, 4) is 0 Å². The summed E-state index contributed by atoms with van der Waals surface area (Å²) in [5.41, 5.74) is 1.43. The highest BCUT2D eigenvalue weighted by Crippen LogP contribution is 2.14. The van der Waals surface area contributed by atoms with Crippen LogP contribution in [0.3, 0.4) is 0 Å². The molecule has 3 heteroatoms. The second-order valence-electron chi connectivity index (χ2n) is 5.96. The molecule has 1 saturated heterocycles. The van der Waals surface area contributed by atoms with Crippen molar-refractivity contribution in [2.45, 2.75) is 45.2 Å². The highest BCUT2D eigenvalue weighted by atomic mass is 16.5. The predicted octanol–water partition coefficient (Wildman–Crippen LogP) is 2.71. The molecule has 0 spiro atoms. The molecular formula is C18H30N2O. The maximum Gasteiger partial charge on any atom is 0.0593 e. The van der Waals surface area contributed by atoms with E-state index in [9.17, 15) is 0 Å². The van der Waals surface area contributed by atoms with E-state index < -0.39 is 0 Å². The standard InChI is InChI=1S/C18H30N2O/c1-3-11-21-12-10-20-15-17(4-2)19-14-18(20)13-16-8-6-5-7-9-16/h5-9,17-19H,3-4,10-15H2,1-2H3. The van der Waals surface area contributed by atoms with Gasteiger partial charge in [0.15, 0.2) is 0 Å². The van der Waals surface area contributed by atoms with E-state index in [1.54, 1.807) is 0 Å². The zero-order chi connectivity index (χ0) is 14.9. The molecule has 1 aromatic rings. The van der Waals surface area contributed by atoms with Crippen LogP contribution >= 0.6 is 0 Å². The first-order chi connectivity index (χ1) is 10.3. The minimum absolute atomic E-state index is 0.584. The molecular weight excluding hydrogens is 260 g/mol. The summed E-state index contributed by atoms with van der Waals surface area (Å²) in [7, 11) is 0. The summed E-state index contributed by atoms with van der Waals surface area (Å²) >= 11 is 0. The molecule has 0 saturated carbocycles. The van der Waals surface area contributed by atoms with Crippen molar-refractivity contribution >= 4 is 0 Å². The van der Waals surface area contributed by atoms with E-state index in [2.05, 4.69) is 54.4 Å². The lowest BCUT2D eigenvalue weighted by molar-refractivity contribution is 0.0649. The van der Waals surface area contributed by atoms with Crippen molar-refractivity contribution in [1.82, 2.24) is 10.2 Å². The van der Waals surface area contributed by atoms with Crippen LogP contribution in [0.1, 0.15) is 32.3 Å². The normalized spacial score (nSPS) is 23.3. The molecule has 1 aromatic carbocycles. The van der Waals surface area contributed by atoms with Crippen LogP contribution < -0.4 is 5.32 Å². The number of nitrogens with zero attached hydrogens (tertiary/aromatic N) is 1. The second-order valence-corrected chi connectivity index (χ2v) is 5.96. The number of hydrogen-bond donors (Lipinski definition) is 1. The van der Waals surface area contributed by atoms with Crippen LogP contribution in [0.25, 0.3) is 0 Å². The Hall–Kier alpha value is -0.900. The molecule has 0 aliphatic carbocycles. The van der Waals surface area contributed by atoms with E-state index in [1.807, 2.05) is 0 Å². The van der Waals surface area contributed by atoms with Crippen LogP contribution in [0.5, 0.6) is 0 Å². The van der Waals surface area contributed by atoms with E-state index >= 15 is 0 Å². The zero-order valence-electron chi connectivity index (χ0n) is 13.6. The van der Waals surface area contributed by atoms with E-state index in [4.69, 9.17) is 4.74 Å². The maximum atomic E-state index is 5.69. The van der Waals surface area contributed by atoms with Crippen LogP contribution in [0, 0.1) is 0 Å². The highest BCUT2D eigenvalue weighted by molar-refractivity contribution is 5.16. The van der Waals surface area contributed by atoms with Crippen LogP contribution in [-0.4, -0.2) is 49.8 Å². The predicted molar refractivity (Wildman–Crippen MR) is 88.7 cm³/mol. The SMILES string of the molecule is CCCOCCN1CC(CC)NCC1Cc1ccccc1. The fourth-order valence-corrected chi connectivity index (χ4v) is 2.99. The molecule has 1 fully saturated rings. The molecule has 3 nitrogen and oxygen atoms in total. The van der Waals surface area contributed by atoms with Gasteiger partial charge in [-0.1, -0.05) is 44.2 Å². The molecule has 0 bridgehead atoms. The minimum Gasteiger partial charge on any atom is -0.380 e. The van der Waals surface area contributed by atoms with Gasteiger partial charge in [-0.05, 0) is 24.8 Å². The molecule has 2 atom stereocenters. The summed E-state index contributed by atoms with van der Waals surface area (Å²) in [6.07, 6.45) is 3.43. The van der Waals surface area contributed by atoms with E-state index in [-0.39, 0.29) is 0 Å². The Morgan fingerprint density at radius 2 is 2.00 bits per heavy atom. The lowest BCUT2D eigenvalue weighted by Gasteiger charge is -2.40. The van der Waals surface area contributed by atoms with Gasteiger partial charge in [0.25, 0.3) is 0 Å². The van der Waals surface area contributed by atoms with Crippen LogP contribution in [0.4, 0.5) is 0 Å². The molecule has 1 heterocycles. The van der Waals surface area contributed by atoms with E-state index in [1.165, 1.54) is 12.0 Å². The van der Waals surface area contributed by atoms with Crippen molar-refractivity contribution in [1.29, 1.82) is 0 Å². The minimum atomic E-state index is 0.584. The summed E-state index contributed by atoms with van der Waals surface area (Å²) < 4.78 is 5.69. The average molecular weight is 290 g/mol. The third-order valence-electron chi connectivity index (χ3n) is 4.29. The van der Waals surface area contributed by atoms with Gasteiger partial charge in [-0.25, -0.2) is 0 Å². The van der Waals surface area contributed by atoms with Gasteiger partial charge in [-0.2, -0.15) is 0 Å². The third kappa shape index (κ3) is 5.42. The number of rotatable bonds is 8. The quantitative estimate of drug-likeness (QED) is 0.745. The van der Waals surface area contributed by atoms with Crippen molar-refractivity contribution in [3.05, 3.63) is 35.9 Å². The Bertz CT molecular complexity index is 382. The van der Waals surface area contributed by atoms with Gasteiger partial charge < -0.3 is 10.1 Å². The fraction of sp³-hybridized carbons (Fsp3) is 0.667. The van der Waals surface area contributed by atoms with Crippen molar-refractivity contribution in [3.63, 3.8) is 0 Å². The zero-order valence-corrected chi connectivity index (χ0v) is 13.6. The third-order valence-corrected chi connectivity index (χ3v) is 4.29. The number of hydrogen-bond acceptors (Lipinski definition) is 3. The largest absolute Gasteiger partial charge is 0.380 e. The first-order valence-corrected chi connectivity index (χ1v) is 8.42. The number of nitrogens with one attached hydrogen (secondary N) is 1. The molecule has 1 aliphatic heterocycles. The van der Waals surface area contributed by atoms with Crippen molar-refractivity contribution in [2.24, 2.45) is 0 Å². The Morgan fingerprint density at radius 3 is 2.71 bits per heavy atom. The molecule has 0 aromatic heterocycles. The monoisotopic (exact) mass is 290 g/mol. The molecule has 0 radical (unpaired) electrons. The van der Waals surface area contributed by atoms with Crippen molar-refractivity contribution in [2.75, 3.05) is 32.8 Å². The first kappa shape index (κ1) is 16.5.